The van der Waals surface area contributed by atoms with Gasteiger partial charge in [-0.05, 0) is 18.2 Å². The molecule has 0 saturated carbocycles. The normalized spacial score (nSPS) is 12.6. The number of halogens is 6. The number of aromatic amines is 1. The number of aliphatic hydroxyl groups is 1. The van der Waals surface area contributed by atoms with Crippen LogP contribution in [0.1, 0.15) is 15.9 Å². The summed E-state index contributed by atoms with van der Waals surface area (Å²) >= 11 is 0. The van der Waals surface area contributed by atoms with Gasteiger partial charge in [-0.3, -0.25) is 19.7 Å². The number of hydrogen-bond acceptors (Lipinski definition) is 5. The number of pyridine rings is 1. The molecule has 174 valence electrons. The third-order valence-corrected chi connectivity index (χ3v) is 4.71. The Kier molecular flexibility index (Phi) is 5.66. The minimum absolute atomic E-state index is 0.146. The van der Waals surface area contributed by atoms with Crippen molar-refractivity contribution >= 4 is 28.2 Å². The highest BCUT2D eigenvalue weighted by Gasteiger charge is 2.71. The molecule has 1 aromatic heterocycles. The predicted octanol–water partition coefficient (Wildman–Crippen LogP) is 4.00. The maximum atomic E-state index is 12.9. The molecule has 3 N–H and O–H groups in total. The van der Waals surface area contributed by atoms with Crippen LogP contribution in [0.4, 0.5) is 37.7 Å². The highest BCUT2D eigenvalue weighted by Crippen LogP contribution is 2.50. The molecule has 0 aliphatic rings. The molecule has 8 nitrogen and oxygen atoms in total. The third-order valence-electron chi connectivity index (χ3n) is 4.71. The van der Waals surface area contributed by atoms with Crippen LogP contribution in [-0.4, -0.2) is 33.3 Å². The number of rotatable bonds is 4. The molecule has 14 heteroatoms. The van der Waals surface area contributed by atoms with Crippen molar-refractivity contribution in [2.75, 3.05) is 5.32 Å². The van der Waals surface area contributed by atoms with Gasteiger partial charge in [0.1, 0.15) is 11.1 Å². The van der Waals surface area contributed by atoms with Crippen molar-refractivity contribution in [3.63, 3.8) is 0 Å². The second-order valence-corrected chi connectivity index (χ2v) is 6.73. The van der Waals surface area contributed by atoms with Crippen LogP contribution in [0.2, 0.25) is 0 Å². The first kappa shape index (κ1) is 23.7. The fourth-order valence-electron chi connectivity index (χ4n) is 3.04. The topological polar surface area (TPSA) is 125 Å². The Bertz CT molecular complexity index is 1280. The number of fused-ring (bicyclic) bond motifs is 1. The summed E-state index contributed by atoms with van der Waals surface area (Å²) in [5.74, 6) is -1.08. The van der Waals surface area contributed by atoms with Crippen LogP contribution in [0.5, 0.6) is 0 Å². The number of nitro groups is 1. The molecule has 0 saturated heterocycles. The number of amides is 1. The molecule has 0 bridgehead atoms. The van der Waals surface area contributed by atoms with Crippen molar-refractivity contribution in [3.8, 4) is 0 Å². The van der Waals surface area contributed by atoms with Gasteiger partial charge < -0.3 is 15.4 Å². The van der Waals surface area contributed by atoms with Crippen LogP contribution in [0, 0.1) is 10.1 Å². The van der Waals surface area contributed by atoms with Gasteiger partial charge in [0.05, 0.1) is 10.3 Å². The van der Waals surface area contributed by atoms with Gasteiger partial charge in [-0.15, -0.1) is 0 Å². The molecule has 0 fully saturated rings. The van der Waals surface area contributed by atoms with Gasteiger partial charge in [-0.25, -0.2) is 0 Å². The molecule has 0 aliphatic carbocycles. The van der Waals surface area contributed by atoms with Gasteiger partial charge in [-0.2, -0.15) is 26.3 Å². The minimum atomic E-state index is -6.07. The highest BCUT2D eigenvalue weighted by molar-refractivity contribution is 6.06. The number of non-ortho nitro benzene ring substituents is 1. The van der Waals surface area contributed by atoms with E-state index in [9.17, 15) is 51.2 Å². The maximum absolute atomic E-state index is 12.9. The number of anilines is 1. The minimum Gasteiger partial charge on any atom is -0.369 e. The number of nitrogens with one attached hydrogen (secondary N) is 2. The number of hydrogen-bond donors (Lipinski definition) is 3. The van der Waals surface area contributed by atoms with Gasteiger partial charge >= 0.3 is 12.4 Å². The van der Waals surface area contributed by atoms with Gasteiger partial charge in [0.2, 0.25) is 5.43 Å². The van der Waals surface area contributed by atoms with Gasteiger partial charge in [0.15, 0.2) is 0 Å². The number of para-hydroxylation sites is 1. The van der Waals surface area contributed by atoms with Crippen molar-refractivity contribution in [1.29, 1.82) is 0 Å². The second-order valence-electron chi connectivity index (χ2n) is 6.73. The summed E-state index contributed by atoms with van der Waals surface area (Å²) in [7, 11) is 0. The van der Waals surface area contributed by atoms with E-state index < -0.39 is 51.0 Å². The van der Waals surface area contributed by atoms with Crippen LogP contribution < -0.4 is 10.7 Å². The summed E-state index contributed by atoms with van der Waals surface area (Å²) in [6.07, 6.45) is -11.3. The first-order valence-electron chi connectivity index (χ1n) is 8.75. The van der Waals surface area contributed by atoms with Gasteiger partial charge in [0.25, 0.3) is 17.2 Å². The quantitative estimate of drug-likeness (QED) is 0.299. The molecule has 1 amide bonds. The second kappa shape index (κ2) is 7.88. The van der Waals surface area contributed by atoms with E-state index >= 15 is 0 Å². The lowest BCUT2D eigenvalue weighted by Crippen LogP contribution is -2.53. The van der Waals surface area contributed by atoms with Crippen LogP contribution in [0.25, 0.3) is 10.9 Å². The number of carbonyl (C=O) groups is 1. The molecule has 3 rings (SSSR count). The molecule has 0 radical (unpaired) electrons. The zero-order chi connectivity index (χ0) is 24.8. The van der Waals surface area contributed by atoms with Crippen LogP contribution in [0.15, 0.2) is 53.5 Å². The largest absolute Gasteiger partial charge is 0.430 e. The first-order valence-corrected chi connectivity index (χ1v) is 8.75. The molecule has 33 heavy (non-hydrogen) atoms. The Morgan fingerprint density at radius 1 is 1.00 bits per heavy atom. The lowest BCUT2D eigenvalue weighted by atomic mass is 9.92. The van der Waals surface area contributed by atoms with Crippen LogP contribution in [0.3, 0.4) is 0 Å². The summed E-state index contributed by atoms with van der Waals surface area (Å²) in [5.41, 5.74) is -8.93. The van der Waals surface area contributed by atoms with E-state index in [0.29, 0.717) is 24.3 Å². The average Bonchev–Trinajstić information content (AvgIpc) is 2.71. The van der Waals surface area contributed by atoms with Crippen molar-refractivity contribution in [2.45, 2.75) is 18.0 Å². The number of aromatic nitrogens is 1. The molecule has 0 aliphatic heterocycles. The number of alkyl halides is 6. The van der Waals surface area contributed by atoms with E-state index in [4.69, 9.17) is 0 Å². The Morgan fingerprint density at radius 3 is 2.09 bits per heavy atom. The van der Waals surface area contributed by atoms with Crippen LogP contribution >= 0.6 is 0 Å². The number of carbonyl (C=O) groups excluding carboxylic acids is 1. The van der Waals surface area contributed by atoms with Crippen molar-refractivity contribution in [2.24, 2.45) is 0 Å². The van der Waals surface area contributed by atoms with Crippen LogP contribution in [-0.2, 0) is 5.60 Å². The molecule has 1 heterocycles. The predicted molar refractivity (Wildman–Crippen MR) is 102 cm³/mol. The van der Waals surface area contributed by atoms with E-state index in [-0.39, 0.29) is 16.6 Å². The smallest absolute Gasteiger partial charge is 0.369 e. The first-order chi connectivity index (χ1) is 15.2. The fraction of sp³-hybridized carbons (Fsp3) is 0.158. The Hall–Kier alpha value is -3.94. The molecule has 0 spiro atoms. The average molecular weight is 475 g/mol. The van der Waals surface area contributed by atoms with Crippen molar-refractivity contribution in [1.82, 2.24) is 4.98 Å². The summed E-state index contributed by atoms with van der Waals surface area (Å²) in [6, 6.07) is 5.57. The Balaban J connectivity index is 1.93. The summed E-state index contributed by atoms with van der Waals surface area (Å²) in [6.45, 7) is 0. The molecule has 0 atom stereocenters. The number of nitro benzene ring substituents is 1. The lowest BCUT2D eigenvalue weighted by molar-refractivity contribution is -0.383. The molecule has 2 aromatic carbocycles. The zero-order valence-electron chi connectivity index (χ0n) is 15.9. The third kappa shape index (κ3) is 4.00. The van der Waals surface area contributed by atoms with Gasteiger partial charge in [-0.1, -0.05) is 18.2 Å². The Morgan fingerprint density at radius 2 is 1.58 bits per heavy atom. The number of H-pyrrole nitrogens is 1. The lowest BCUT2D eigenvalue weighted by Gasteiger charge is -2.32. The molecule has 3 aromatic rings. The van der Waals surface area contributed by atoms with E-state index in [2.05, 4.69) is 10.3 Å². The van der Waals surface area contributed by atoms with Crippen molar-refractivity contribution < 1.29 is 41.2 Å². The summed E-state index contributed by atoms with van der Waals surface area (Å²) in [4.78, 5) is 37.7. The van der Waals surface area contributed by atoms with E-state index in [0.717, 1.165) is 12.3 Å². The van der Waals surface area contributed by atoms with E-state index in [1.54, 1.807) is 0 Å². The van der Waals surface area contributed by atoms with Crippen molar-refractivity contribution in [3.05, 3.63) is 80.1 Å². The SMILES string of the molecule is O=C(Nc1ccc(C(O)(C(F)(F)F)C(F)(F)F)cc1)c1c[nH]c2c([N+](=O)[O-])cccc2c1=O. The summed E-state index contributed by atoms with van der Waals surface area (Å²) < 4.78 is 77.7. The zero-order valence-corrected chi connectivity index (χ0v) is 15.9. The summed E-state index contributed by atoms with van der Waals surface area (Å²) in [5, 5.41) is 22.4. The van der Waals surface area contributed by atoms with E-state index in [1.807, 2.05) is 0 Å². The maximum Gasteiger partial charge on any atom is 0.430 e. The molecular formula is C19H11F6N3O5. The number of nitrogens with zero attached hydrogens (tertiary/aromatic N) is 1. The fourth-order valence-corrected chi connectivity index (χ4v) is 3.04. The van der Waals surface area contributed by atoms with E-state index in [1.165, 1.54) is 12.1 Å². The Labute approximate surface area is 178 Å². The molecular weight excluding hydrogens is 464 g/mol. The standard InChI is InChI=1S/C19H11F6N3O5/c20-18(21,22)17(31,19(23,24)25)9-4-6-10(7-5-9)27-16(30)12-8-26-14-11(15(12)29)2-1-3-13(14)28(32)33/h1-8,31H,(H,26,29)(H,27,30). The molecule has 0 unspecified atom stereocenters. The monoisotopic (exact) mass is 475 g/mol. The number of benzene rings is 2. The van der Waals surface area contributed by atoms with Gasteiger partial charge in [0, 0.05) is 23.5 Å². The highest BCUT2D eigenvalue weighted by atomic mass is 19.4.